The summed E-state index contributed by atoms with van der Waals surface area (Å²) in [6.45, 7) is 2.76. The second-order valence-corrected chi connectivity index (χ2v) is 7.47. The van der Waals surface area contributed by atoms with Crippen LogP contribution in [0.2, 0.25) is 5.02 Å². The highest BCUT2D eigenvalue weighted by Gasteiger charge is 2.11. The fourth-order valence-electron chi connectivity index (χ4n) is 2.49. The summed E-state index contributed by atoms with van der Waals surface area (Å²) in [7, 11) is 1.56. The zero-order valence-electron chi connectivity index (χ0n) is 16.0. The topological polar surface area (TPSA) is 59.9 Å². The van der Waals surface area contributed by atoms with Crippen molar-refractivity contribution in [3.8, 4) is 11.5 Å². The highest BCUT2D eigenvalue weighted by Crippen LogP contribution is 2.36. The molecule has 150 valence electrons. The van der Waals surface area contributed by atoms with Crippen molar-refractivity contribution in [1.82, 2.24) is 5.43 Å². The van der Waals surface area contributed by atoms with Crippen LogP contribution in [0.15, 0.2) is 46.0 Å². The summed E-state index contributed by atoms with van der Waals surface area (Å²) in [5.74, 6) is 0.759. The fraction of sp³-hybridized carbons (Fsp3) is 0.333. The summed E-state index contributed by atoms with van der Waals surface area (Å²) in [6.07, 6.45) is 5.97. The van der Waals surface area contributed by atoms with Crippen molar-refractivity contribution >= 4 is 39.7 Å². The van der Waals surface area contributed by atoms with Gasteiger partial charge in [-0.25, -0.2) is 5.43 Å². The van der Waals surface area contributed by atoms with Crippen molar-refractivity contribution in [1.29, 1.82) is 0 Å². The van der Waals surface area contributed by atoms with Crippen LogP contribution in [-0.4, -0.2) is 25.8 Å². The number of benzene rings is 2. The molecular weight excluding hydrogens is 444 g/mol. The Kier molecular flexibility index (Phi) is 9.31. The van der Waals surface area contributed by atoms with Crippen molar-refractivity contribution in [2.24, 2.45) is 5.10 Å². The highest BCUT2D eigenvalue weighted by molar-refractivity contribution is 9.10. The molecule has 28 heavy (non-hydrogen) atoms. The zero-order chi connectivity index (χ0) is 20.4. The number of hydrogen-bond donors (Lipinski definition) is 1. The van der Waals surface area contributed by atoms with E-state index in [0.717, 1.165) is 17.3 Å². The molecule has 0 aliphatic heterocycles. The molecule has 7 heteroatoms. The summed E-state index contributed by atoms with van der Waals surface area (Å²) in [5.41, 5.74) is 3.70. The Bertz CT molecular complexity index is 810. The molecule has 0 fully saturated rings. The number of nitrogens with one attached hydrogen (secondary N) is 1. The molecule has 0 heterocycles. The van der Waals surface area contributed by atoms with Crippen LogP contribution in [0.3, 0.4) is 0 Å². The molecule has 0 aliphatic carbocycles. The standard InChI is InChI=1S/C21H24BrClN2O3/c1-3-4-5-6-11-28-20-18(23)12-15(13-19(20)27-2)14-24-25-21(26)16-7-9-17(22)10-8-16/h7-10,12-14H,3-6,11H2,1-2H3,(H,25,26). The van der Waals surface area contributed by atoms with Gasteiger partial charge in [0, 0.05) is 10.0 Å². The van der Waals surface area contributed by atoms with E-state index in [1.807, 2.05) is 0 Å². The summed E-state index contributed by atoms with van der Waals surface area (Å²) in [4.78, 5) is 12.1. The molecular formula is C21H24BrClN2O3. The molecule has 0 unspecified atom stereocenters. The maximum atomic E-state index is 12.1. The van der Waals surface area contributed by atoms with Crippen LogP contribution in [-0.2, 0) is 0 Å². The number of carbonyl (C=O) groups is 1. The molecule has 0 spiro atoms. The first-order chi connectivity index (χ1) is 13.5. The first-order valence-corrected chi connectivity index (χ1v) is 10.3. The maximum Gasteiger partial charge on any atom is 0.271 e. The van der Waals surface area contributed by atoms with E-state index in [1.54, 1.807) is 43.5 Å². The first kappa shape index (κ1) is 22.2. The minimum atomic E-state index is -0.297. The van der Waals surface area contributed by atoms with Gasteiger partial charge in [-0.2, -0.15) is 5.10 Å². The fourth-order valence-corrected chi connectivity index (χ4v) is 3.03. The Morgan fingerprint density at radius 3 is 2.64 bits per heavy atom. The zero-order valence-corrected chi connectivity index (χ0v) is 18.3. The monoisotopic (exact) mass is 466 g/mol. The predicted molar refractivity (Wildman–Crippen MR) is 117 cm³/mol. The number of methoxy groups -OCH3 is 1. The summed E-state index contributed by atoms with van der Waals surface area (Å²) in [6, 6.07) is 10.5. The molecule has 1 N–H and O–H groups in total. The van der Waals surface area contributed by atoms with Gasteiger partial charge in [0.2, 0.25) is 0 Å². The van der Waals surface area contributed by atoms with Crippen molar-refractivity contribution < 1.29 is 14.3 Å². The Balaban J connectivity index is 1.99. The molecule has 2 rings (SSSR count). The molecule has 0 saturated carbocycles. The van der Waals surface area contributed by atoms with Crippen LogP contribution in [0.25, 0.3) is 0 Å². The minimum absolute atomic E-state index is 0.297. The SMILES string of the molecule is CCCCCCOc1c(Cl)cc(C=NNC(=O)c2ccc(Br)cc2)cc1OC. The Morgan fingerprint density at radius 2 is 1.96 bits per heavy atom. The summed E-state index contributed by atoms with van der Waals surface area (Å²) >= 11 is 9.68. The number of carbonyl (C=O) groups excluding carboxylic acids is 1. The van der Waals surface area contributed by atoms with Crippen LogP contribution in [0.4, 0.5) is 0 Å². The Morgan fingerprint density at radius 1 is 1.21 bits per heavy atom. The molecule has 5 nitrogen and oxygen atoms in total. The second kappa shape index (κ2) is 11.7. The molecule has 2 aromatic carbocycles. The van der Waals surface area contributed by atoms with Crippen LogP contribution in [0, 0.1) is 0 Å². The Labute approximate surface area is 179 Å². The summed E-state index contributed by atoms with van der Waals surface area (Å²) in [5, 5.41) is 4.43. The van der Waals surface area contributed by atoms with E-state index in [9.17, 15) is 4.79 Å². The van der Waals surface area contributed by atoms with Crippen LogP contribution >= 0.6 is 27.5 Å². The van der Waals surface area contributed by atoms with Crippen LogP contribution < -0.4 is 14.9 Å². The number of unbranched alkanes of at least 4 members (excludes halogenated alkanes) is 3. The molecule has 0 aromatic heterocycles. The number of ether oxygens (including phenoxy) is 2. The third-order valence-electron chi connectivity index (χ3n) is 3.98. The lowest BCUT2D eigenvalue weighted by Crippen LogP contribution is -2.17. The van der Waals surface area contributed by atoms with Crippen molar-refractivity contribution in [3.05, 3.63) is 57.0 Å². The predicted octanol–water partition coefficient (Wildman–Crippen LogP) is 5.83. The van der Waals surface area contributed by atoms with Crippen molar-refractivity contribution in [2.45, 2.75) is 32.6 Å². The number of hydrogen-bond acceptors (Lipinski definition) is 4. The third-order valence-corrected chi connectivity index (χ3v) is 4.79. The first-order valence-electron chi connectivity index (χ1n) is 9.14. The quantitative estimate of drug-likeness (QED) is 0.271. The van der Waals surface area contributed by atoms with Crippen LogP contribution in [0.1, 0.15) is 48.5 Å². The number of hydrazone groups is 1. The maximum absolute atomic E-state index is 12.1. The van der Waals surface area contributed by atoms with Gasteiger partial charge in [-0.05, 0) is 48.4 Å². The van der Waals surface area contributed by atoms with Crippen molar-refractivity contribution in [3.63, 3.8) is 0 Å². The van der Waals surface area contributed by atoms with E-state index in [0.29, 0.717) is 34.3 Å². The molecule has 0 saturated heterocycles. The second-order valence-electron chi connectivity index (χ2n) is 6.15. The van der Waals surface area contributed by atoms with E-state index < -0.39 is 0 Å². The van der Waals surface area contributed by atoms with Gasteiger partial charge in [0.05, 0.1) is 25.0 Å². The number of rotatable bonds is 10. The van der Waals surface area contributed by atoms with Gasteiger partial charge in [0.1, 0.15) is 0 Å². The third kappa shape index (κ3) is 6.84. The average molecular weight is 468 g/mol. The molecule has 0 atom stereocenters. The lowest BCUT2D eigenvalue weighted by molar-refractivity contribution is 0.0955. The van der Waals surface area contributed by atoms with Crippen molar-refractivity contribution in [2.75, 3.05) is 13.7 Å². The smallest absolute Gasteiger partial charge is 0.271 e. The molecule has 0 aliphatic rings. The number of halogens is 2. The lowest BCUT2D eigenvalue weighted by Gasteiger charge is -2.13. The van der Waals surface area contributed by atoms with Gasteiger partial charge in [0.25, 0.3) is 5.91 Å². The average Bonchev–Trinajstić information content (AvgIpc) is 2.69. The Hall–Kier alpha value is -2.05. The largest absolute Gasteiger partial charge is 0.493 e. The van der Waals surface area contributed by atoms with E-state index >= 15 is 0 Å². The number of nitrogens with zero attached hydrogens (tertiary/aromatic N) is 1. The van der Waals surface area contributed by atoms with Gasteiger partial charge >= 0.3 is 0 Å². The van der Waals surface area contributed by atoms with E-state index in [-0.39, 0.29) is 5.91 Å². The van der Waals surface area contributed by atoms with Gasteiger partial charge < -0.3 is 9.47 Å². The van der Waals surface area contributed by atoms with Gasteiger partial charge in [-0.15, -0.1) is 0 Å². The number of amides is 1. The van der Waals surface area contributed by atoms with E-state index in [2.05, 4.69) is 33.4 Å². The normalized spacial score (nSPS) is 10.9. The summed E-state index contributed by atoms with van der Waals surface area (Å²) < 4.78 is 12.1. The minimum Gasteiger partial charge on any atom is -0.493 e. The highest BCUT2D eigenvalue weighted by atomic mass is 79.9. The molecule has 0 radical (unpaired) electrons. The van der Waals surface area contributed by atoms with Gasteiger partial charge in [-0.1, -0.05) is 53.7 Å². The van der Waals surface area contributed by atoms with E-state index in [1.165, 1.54) is 19.1 Å². The molecule has 0 bridgehead atoms. The lowest BCUT2D eigenvalue weighted by atomic mass is 10.2. The van der Waals surface area contributed by atoms with Crippen LogP contribution in [0.5, 0.6) is 11.5 Å². The molecule has 2 aromatic rings. The van der Waals surface area contributed by atoms with E-state index in [4.69, 9.17) is 21.1 Å². The molecule has 1 amide bonds. The van der Waals surface area contributed by atoms with Gasteiger partial charge in [0.15, 0.2) is 11.5 Å². The van der Waals surface area contributed by atoms with Gasteiger partial charge in [-0.3, -0.25) is 4.79 Å².